The molecule has 0 atom stereocenters. The summed E-state index contributed by atoms with van der Waals surface area (Å²) in [7, 11) is 0. The number of carbonyl (C=O) groups is 1. The maximum absolute atomic E-state index is 12.0. The summed E-state index contributed by atoms with van der Waals surface area (Å²) in [4.78, 5) is 20.2. The summed E-state index contributed by atoms with van der Waals surface area (Å²) >= 11 is 0. The quantitative estimate of drug-likeness (QED) is 0.671. The van der Waals surface area contributed by atoms with Crippen molar-refractivity contribution in [1.82, 2.24) is 9.97 Å². The minimum atomic E-state index is -0.630. The van der Waals surface area contributed by atoms with Crippen molar-refractivity contribution in [2.45, 2.75) is 73.8 Å². The van der Waals surface area contributed by atoms with E-state index in [4.69, 9.17) is 24.7 Å². The zero-order valence-corrected chi connectivity index (χ0v) is 21.1. The summed E-state index contributed by atoms with van der Waals surface area (Å²) < 4.78 is 22.8. The van der Waals surface area contributed by atoms with Crippen molar-refractivity contribution in [3.63, 3.8) is 0 Å². The standard InChI is InChI=1S/C14H18N2O3.C14H16N2O2/c15-12(17)13(11-2-1-7-16-10-11)3-5-14(6-4-13)18-8-9-19-14;15-11-13(12-2-1-7-16-10-12)3-5-14(6-4-13)17-8-9-18-14/h1-2,7,10H,3-6,8-9H2,(H2,15,17);1-2,7,10H,3-6,8-9H2. The second kappa shape index (κ2) is 10.5. The Bertz CT molecular complexity index is 1090. The van der Waals surface area contributed by atoms with Crippen molar-refractivity contribution < 1.29 is 23.7 Å². The molecule has 0 aromatic carbocycles. The lowest BCUT2D eigenvalue weighted by molar-refractivity contribution is -0.186. The van der Waals surface area contributed by atoms with E-state index in [2.05, 4.69) is 16.0 Å². The van der Waals surface area contributed by atoms with Gasteiger partial charge in [0, 0.05) is 50.5 Å². The average Bonchev–Trinajstić information content (AvgIpc) is 3.61. The van der Waals surface area contributed by atoms with Gasteiger partial charge in [0.2, 0.25) is 5.91 Å². The van der Waals surface area contributed by atoms with Crippen molar-refractivity contribution >= 4 is 5.91 Å². The molecule has 2 saturated carbocycles. The monoisotopic (exact) mass is 506 g/mol. The molecule has 0 bridgehead atoms. The number of nitrogens with zero attached hydrogens (tertiary/aromatic N) is 3. The smallest absolute Gasteiger partial charge is 0.228 e. The molecule has 2 aliphatic heterocycles. The van der Waals surface area contributed by atoms with E-state index in [1.165, 1.54) is 0 Å². The van der Waals surface area contributed by atoms with Crippen LogP contribution in [0.2, 0.25) is 0 Å². The van der Waals surface area contributed by atoms with Crippen LogP contribution in [0.15, 0.2) is 49.1 Å². The fourth-order valence-electron chi connectivity index (χ4n) is 6.12. The topological polar surface area (TPSA) is 130 Å². The molecule has 2 aliphatic carbocycles. The lowest BCUT2D eigenvalue weighted by Gasteiger charge is -2.41. The first-order valence-electron chi connectivity index (χ1n) is 13.0. The highest BCUT2D eigenvalue weighted by Crippen LogP contribution is 2.47. The Balaban J connectivity index is 0.000000152. The van der Waals surface area contributed by atoms with E-state index < -0.39 is 22.4 Å². The van der Waals surface area contributed by atoms with Crippen LogP contribution in [0.4, 0.5) is 0 Å². The molecule has 37 heavy (non-hydrogen) atoms. The molecule has 9 nitrogen and oxygen atoms in total. The highest BCUT2D eigenvalue weighted by atomic mass is 16.7. The van der Waals surface area contributed by atoms with E-state index in [0.717, 1.165) is 36.8 Å². The number of hydrogen-bond acceptors (Lipinski definition) is 8. The number of aromatic nitrogens is 2. The average molecular weight is 507 g/mol. The van der Waals surface area contributed by atoms with Crippen molar-refractivity contribution in [3.8, 4) is 6.07 Å². The molecular formula is C28H34N4O5. The van der Waals surface area contributed by atoms with Gasteiger partial charge < -0.3 is 24.7 Å². The van der Waals surface area contributed by atoms with Gasteiger partial charge in [0.05, 0.1) is 43.3 Å². The van der Waals surface area contributed by atoms with Crippen LogP contribution in [0.5, 0.6) is 0 Å². The first-order valence-corrected chi connectivity index (χ1v) is 13.0. The van der Waals surface area contributed by atoms with Crippen molar-refractivity contribution in [2.24, 2.45) is 5.73 Å². The largest absolute Gasteiger partial charge is 0.369 e. The summed E-state index contributed by atoms with van der Waals surface area (Å²) in [6.45, 7) is 2.62. The number of amides is 1. The molecule has 0 unspecified atom stereocenters. The molecule has 2 N–H and O–H groups in total. The second-order valence-electron chi connectivity index (χ2n) is 10.3. The Morgan fingerprint density at radius 1 is 0.757 bits per heavy atom. The molecule has 196 valence electrons. The minimum Gasteiger partial charge on any atom is -0.369 e. The zero-order chi connectivity index (χ0) is 25.8. The number of hydrogen-bond donors (Lipinski definition) is 1. The number of rotatable bonds is 3. The number of nitriles is 1. The highest BCUT2D eigenvalue weighted by Gasteiger charge is 2.50. The van der Waals surface area contributed by atoms with Crippen LogP contribution in [-0.2, 0) is 34.6 Å². The predicted molar refractivity (Wildman–Crippen MR) is 133 cm³/mol. The molecule has 2 aromatic heterocycles. The maximum atomic E-state index is 12.0. The first kappa shape index (κ1) is 25.7. The van der Waals surface area contributed by atoms with Gasteiger partial charge >= 0.3 is 0 Å². The van der Waals surface area contributed by atoms with Gasteiger partial charge in [-0.05, 0) is 48.9 Å². The van der Waals surface area contributed by atoms with Crippen molar-refractivity contribution in [1.29, 1.82) is 5.26 Å². The predicted octanol–water partition coefficient (Wildman–Crippen LogP) is 3.28. The molecule has 2 aromatic rings. The summed E-state index contributed by atoms with van der Waals surface area (Å²) in [5.74, 6) is -1.18. The van der Waals surface area contributed by atoms with E-state index in [1.807, 2.05) is 24.3 Å². The lowest BCUT2D eigenvalue weighted by Crippen LogP contribution is -2.49. The molecule has 4 aliphatic rings. The summed E-state index contributed by atoms with van der Waals surface area (Å²) in [5.41, 5.74) is 6.53. The number of ether oxygens (including phenoxy) is 4. The Kier molecular flexibility index (Phi) is 7.28. The van der Waals surface area contributed by atoms with Crippen molar-refractivity contribution in [3.05, 3.63) is 60.2 Å². The van der Waals surface area contributed by atoms with Crippen LogP contribution in [0.25, 0.3) is 0 Å². The fraction of sp³-hybridized carbons (Fsp3) is 0.571. The summed E-state index contributed by atoms with van der Waals surface area (Å²) in [6.07, 6.45) is 12.8. The van der Waals surface area contributed by atoms with Crippen LogP contribution in [-0.4, -0.2) is 53.9 Å². The molecule has 1 amide bonds. The van der Waals surface area contributed by atoms with Crippen LogP contribution >= 0.6 is 0 Å². The molecule has 2 saturated heterocycles. The third-order valence-electron chi connectivity index (χ3n) is 8.47. The molecule has 2 spiro atoms. The summed E-state index contributed by atoms with van der Waals surface area (Å²) in [6, 6.07) is 10.1. The zero-order valence-electron chi connectivity index (χ0n) is 21.1. The van der Waals surface area contributed by atoms with Gasteiger partial charge in [-0.3, -0.25) is 14.8 Å². The molecule has 9 heteroatoms. The summed E-state index contributed by atoms with van der Waals surface area (Å²) in [5, 5.41) is 9.57. The number of carbonyl (C=O) groups excluding carboxylic acids is 1. The van der Waals surface area contributed by atoms with Gasteiger partial charge in [0.1, 0.15) is 0 Å². The highest BCUT2D eigenvalue weighted by molar-refractivity contribution is 5.86. The SMILES string of the molecule is N#CC1(c2cccnc2)CCC2(CC1)OCCO2.NC(=O)C1(c2cccnc2)CCC2(CC1)OCCO2. The normalized spacial score (nSPS) is 27.2. The van der Waals surface area contributed by atoms with E-state index in [9.17, 15) is 10.1 Å². The molecule has 4 heterocycles. The van der Waals surface area contributed by atoms with Gasteiger partial charge in [-0.25, -0.2) is 0 Å². The third kappa shape index (κ3) is 4.99. The van der Waals surface area contributed by atoms with E-state index in [-0.39, 0.29) is 5.91 Å². The Morgan fingerprint density at radius 3 is 1.62 bits per heavy atom. The van der Waals surface area contributed by atoms with Crippen LogP contribution in [0.3, 0.4) is 0 Å². The van der Waals surface area contributed by atoms with Gasteiger partial charge in [-0.2, -0.15) is 5.26 Å². The Morgan fingerprint density at radius 2 is 1.22 bits per heavy atom. The van der Waals surface area contributed by atoms with Gasteiger partial charge in [-0.1, -0.05) is 12.1 Å². The molecule has 0 radical (unpaired) electrons. The Labute approximate surface area is 217 Å². The molecule has 4 fully saturated rings. The fourth-order valence-corrected chi connectivity index (χ4v) is 6.12. The molecule has 6 rings (SSSR count). The van der Waals surface area contributed by atoms with E-state index in [0.29, 0.717) is 52.1 Å². The number of pyridine rings is 2. The van der Waals surface area contributed by atoms with Crippen LogP contribution < -0.4 is 5.73 Å². The third-order valence-corrected chi connectivity index (χ3v) is 8.47. The lowest BCUT2D eigenvalue weighted by atomic mass is 9.67. The maximum Gasteiger partial charge on any atom is 0.228 e. The van der Waals surface area contributed by atoms with Crippen molar-refractivity contribution in [2.75, 3.05) is 26.4 Å². The van der Waals surface area contributed by atoms with E-state index >= 15 is 0 Å². The number of nitrogens with two attached hydrogens (primary N) is 1. The Hall–Kier alpha value is -2.90. The van der Waals surface area contributed by atoms with Gasteiger partial charge in [0.25, 0.3) is 0 Å². The van der Waals surface area contributed by atoms with Gasteiger partial charge in [-0.15, -0.1) is 0 Å². The van der Waals surface area contributed by atoms with Crippen LogP contribution in [0.1, 0.15) is 62.5 Å². The minimum absolute atomic E-state index is 0.284. The van der Waals surface area contributed by atoms with E-state index in [1.54, 1.807) is 24.8 Å². The number of primary amides is 1. The first-order chi connectivity index (χ1) is 18.0. The second-order valence-corrected chi connectivity index (χ2v) is 10.3. The van der Waals surface area contributed by atoms with Crippen LogP contribution in [0, 0.1) is 11.3 Å². The molecular weight excluding hydrogens is 472 g/mol. The van der Waals surface area contributed by atoms with Gasteiger partial charge in [0.15, 0.2) is 11.6 Å².